The highest BCUT2D eigenvalue weighted by Gasteiger charge is 2.26. The Bertz CT molecular complexity index is 459. The predicted molar refractivity (Wildman–Crippen MR) is 71.3 cm³/mol. The fourth-order valence-electron chi connectivity index (χ4n) is 2.23. The fraction of sp³-hybridized carbons (Fsp3) is 0.500. The van der Waals surface area contributed by atoms with Gasteiger partial charge in [-0.1, -0.05) is 6.07 Å². The summed E-state index contributed by atoms with van der Waals surface area (Å²) in [7, 11) is 0. The van der Waals surface area contributed by atoms with Crippen molar-refractivity contribution >= 4 is 11.6 Å². The van der Waals surface area contributed by atoms with Crippen molar-refractivity contribution in [2.45, 2.75) is 25.8 Å². The van der Waals surface area contributed by atoms with E-state index >= 15 is 0 Å². The van der Waals surface area contributed by atoms with Crippen LogP contribution in [0, 0.1) is 18.7 Å². The molecule has 1 heterocycles. The lowest BCUT2D eigenvalue weighted by Gasteiger charge is -2.26. The van der Waals surface area contributed by atoms with Crippen molar-refractivity contribution in [1.82, 2.24) is 0 Å². The second-order valence-corrected chi connectivity index (χ2v) is 4.95. The van der Waals surface area contributed by atoms with Crippen LogP contribution < -0.4 is 11.1 Å². The Morgan fingerprint density at radius 1 is 1.47 bits per heavy atom. The number of rotatable bonds is 3. The third-order valence-corrected chi connectivity index (χ3v) is 3.46. The summed E-state index contributed by atoms with van der Waals surface area (Å²) >= 11 is 0. The van der Waals surface area contributed by atoms with Crippen LogP contribution in [-0.4, -0.2) is 25.2 Å². The van der Waals surface area contributed by atoms with Gasteiger partial charge in [-0.15, -0.1) is 0 Å². The average Bonchev–Trinajstić information content (AvgIpc) is 2.42. The van der Waals surface area contributed by atoms with Gasteiger partial charge in [0.2, 0.25) is 5.91 Å². The van der Waals surface area contributed by atoms with E-state index in [0.717, 1.165) is 18.4 Å². The monoisotopic (exact) mass is 266 g/mol. The fourth-order valence-corrected chi connectivity index (χ4v) is 2.23. The van der Waals surface area contributed by atoms with Crippen molar-refractivity contribution in [2.24, 2.45) is 11.7 Å². The molecular weight excluding hydrogens is 247 g/mol. The second-order valence-electron chi connectivity index (χ2n) is 4.95. The molecule has 1 unspecified atom stereocenters. The van der Waals surface area contributed by atoms with E-state index in [4.69, 9.17) is 10.5 Å². The molecule has 1 fully saturated rings. The first-order valence-electron chi connectivity index (χ1n) is 6.48. The SMILES string of the molecule is Cc1ccc(NC(=O)C(N)C2CCOCC2)c(F)c1. The van der Waals surface area contributed by atoms with Crippen LogP contribution in [0.2, 0.25) is 0 Å². The highest BCUT2D eigenvalue weighted by molar-refractivity contribution is 5.95. The molecule has 2 rings (SSSR count). The summed E-state index contributed by atoms with van der Waals surface area (Å²) in [5, 5.41) is 2.55. The van der Waals surface area contributed by atoms with Gasteiger partial charge in [0.1, 0.15) is 5.82 Å². The smallest absolute Gasteiger partial charge is 0.241 e. The zero-order valence-electron chi connectivity index (χ0n) is 11.0. The number of carbonyl (C=O) groups is 1. The number of ether oxygens (including phenoxy) is 1. The summed E-state index contributed by atoms with van der Waals surface area (Å²) in [6.07, 6.45) is 1.54. The number of carbonyl (C=O) groups excluding carboxylic acids is 1. The van der Waals surface area contributed by atoms with Gasteiger partial charge in [0.25, 0.3) is 0 Å². The van der Waals surface area contributed by atoms with Crippen molar-refractivity contribution in [3.05, 3.63) is 29.6 Å². The lowest BCUT2D eigenvalue weighted by molar-refractivity contribution is -0.119. The molecule has 3 N–H and O–H groups in total. The number of hydrogen-bond donors (Lipinski definition) is 2. The van der Waals surface area contributed by atoms with Gasteiger partial charge in [0.05, 0.1) is 11.7 Å². The molecule has 1 aliphatic heterocycles. The molecule has 0 bridgehead atoms. The number of benzene rings is 1. The Hall–Kier alpha value is -1.46. The third-order valence-electron chi connectivity index (χ3n) is 3.46. The molecule has 1 aromatic rings. The standard InChI is InChI=1S/C14H19FN2O2/c1-9-2-3-12(11(15)8-9)17-14(18)13(16)10-4-6-19-7-5-10/h2-3,8,10,13H,4-7,16H2,1H3,(H,17,18). The topological polar surface area (TPSA) is 64.4 Å². The van der Waals surface area contributed by atoms with E-state index in [0.29, 0.717) is 13.2 Å². The molecule has 0 radical (unpaired) electrons. The maximum absolute atomic E-state index is 13.6. The molecule has 1 aromatic carbocycles. The summed E-state index contributed by atoms with van der Waals surface area (Å²) in [4.78, 5) is 12.0. The minimum absolute atomic E-state index is 0.0993. The summed E-state index contributed by atoms with van der Waals surface area (Å²) in [5.41, 5.74) is 6.92. The molecular formula is C14H19FN2O2. The predicted octanol–water partition coefficient (Wildman–Crippen LogP) is 1.83. The minimum Gasteiger partial charge on any atom is -0.381 e. The first kappa shape index (κ1) is 14.0. The van der Waals surface area contributed by atoms with Gasteiger partial charge >= 0.3 is 0 Å². The van der Waals surface area contributed by atoms with E-state index in [1.807, 2.05) is 0 Å². The highest BCUT2D eigenvalue weighted by Crippen LogP contribution is 2.20. The quantitative estimate of drug-likeness (QED) is 0.877. The molecule has 104 valence electrons. The van der Waals surface area contributed by atoms with Crippen LogP contribution in [0.4, 0.5) is 10.1 Å². The molecule has 4 nitrogen and oxygen atoms in total. The van der Waals surface area contributed by atoms with Crippen molar-refractivity contribution in [2.75, 3.05) is 18.5 Å². The Morgan fingerprint density at radius 3 is 2.79 bits per heavy atom. The van der Waals surface area contributed by atoms with E-state index in [2.05, 4.69) is 5.32 Å². The molecule has 19 heavy (non-hydrogen) atoms. The molecule has 5 heteroatoms. The van der Waals surface area contributed by atoms with Crippen molar-refractivity contribution in [3.63, 3.8) is 0 Å². The van der Waals surface area contributed by atoms with Gasteiger partial charge in [-0.25, -0.2) is 4.39 Å². The first-order chi connectivity index (χ1) is 9.08. The highest BCUT2D eigenvalue weighted by atomic mass is 19.1. The van der Waals surface area contributed by atoms with Crippen molar-refractivity contribution < 1.29 is 13.9 Å². The first-order valence-corrected chi connectivity index (χ1v) is 6.48. The third kappa shape index (κ3) is 3.52. The molecule has 0 aromatic heterocycles. The lowest BCUT2D eigenvalue weighted by atomic mass is 9.92. The zero-order chi connectivity index (χ0) is 13.8. The summed E-state index contributed by atoms with van der Waals surface area (Å²) < 4.78 is 18.9. The van der Waals surface area contributed by atoms with Gasteiger partial charge in [0, 0.05) is 13.2 Å². The van der Waals surface area contributed by atoms with Crippen LogP contribution in [0.3, 0.4) is 0 Å². The van der Waals surface area contributed by atoms with E-state index in [1.165, 1.54) is 6.07 Å². The largest absolute Gasteiger partial charge is 0.381 e. The molecule has 1 saturated heterocycles. The average molecular weight is 266 g/mol. The van der Waals surface area contributed by atoms with Gasteiger partial charge in [-0.05, 0) is 43.4 Å². The zero-order valence-corrected chi connectivity index (χ0v) is 11.0. The number of aryl methyl sites for hydroxylation is 1. The van der Waals surface area contributed by atoms with Gasteiger partial charge in [-0.3, -0.25) is 4.79 Å². The van der Waals surface area contributed by atoms with Crippen molar-refractivity contribution in [3.8, 4) is 0 Å². The Labute approximate surface area is 112 Å². The summed E-state index contributed by atoms with van der Waals surface area (Å²) in [5.74, 6) is -0.676. The van der Waals surface area contributed by atoms with E-state index in [9.17, 15) is 9.18 Å². The lowest BCUT2D eigenvalue weighted by Crippen LogP contribution is -2.44. The second kappa shape index (κ2) is 6.12. The van der Waals surface area contributed by atoms with Gasteiger partial charge in [-0.2, -0.15) is 0 Å². The maximum Gasteiger partial charge on any atom is 0.241 e. The van der Waals surface area contributed by atoms with Gasteiger partial charge in [0.15, 0.2) is 0 Å². The maximum atomic E-state index is 13.6. The molecule has 1 aliphatic rings. The van der Waals surface area contributed by atoms with E-state index < -0.39 is 11.9 Å². The Balaban J connectivity index is 1.99. The minimum atomic E-state index is -0.621. The molecule has 0 spiro atoms. The number of halogens is 1. The number of anilines is 1. The molecule has 0 saturated carbocycles. The van der Waals surface area contributed by atoms with Crippen molar-refractivity contribution in [1.29, 1.82) is 0 Å². The summed E-state index contributed by atoms with van der Waals surface area (Å²) in [6, 6.07) is 4.07. The Morgan fingerprint density at radius 2 is 2.16 bits per heavy atom. The number of nitrogens with one attached hydrogen (secondary N) is 1. The normalized spacial score (nSPS) is 18.1. The van der Waals surface area contributed by atoms with Crippen LogP contribution in [0.25, 0.3) is 0 Å². The van der Waals surface area contributed by atoms with Crippen LogP contribution in [0.1, 0.15) is 18.4 Å². The van der Waals surface area contributed by atoms with Crippen LogP contribution in [0.5, 0.6) is 0 Å². The van der Waals surface area contributed by atoms with Crippen LogP contribution in [-0.2, 0) is 9.53 Å². The summed E-state index contributed by atoms with van der Waals surface area (Å²) in [6.45, 7) is 3.05. The molecule has 1 amide bonds. The number of hydrogen-bond acceptors (Lipinski definition) is 3. The van der Waals surface area contributed by atoms with Crippen LogP contribution in [0.15, 0.2) is 18.2 Å². The molecule has 0 aliphatic carbocycles. The number of nitrogens with two attached hydrogens (primary N) is 1. The van der Waals surface area contributed by atoms with Gasteiger partial charge < -0.3 is 15.8 Å². The van der Waals surface area contributed by atoms with E-state index in [1.54, 1.807) is 19.1 Å². The van der Waals surface area contributed by atoms with Crippen LogP contribution >= 0.6 is 0 Å². The molecule has 1 atom stereocenters. The van der Waals surface area contributed by atoms with E-state index in [-0.39, 0.29) is 17.5 Å². The Kier molecular flexibility index (Phi) is 4.50. The number of amides is 1.